The molecule has 0 amide bonds. The Balaban J connectivity index is 2.32. The SMILES string of the molecule is CCOC(=O)c1cc(-c2ccccc2)sc1NC(=S)NC(C)(C)C. The molecule has 0 atom stereocenters. The van der Waals surface area contributed by atoms with E-state index in [1.165, 1.54) is 11.3 Å². The van der Waals surface area contributed by atoms with Crippen LogP contribution >= 0.6 is 23.6 Å². The minimum Gasteiger partial charge on any atom is -0.462 e. The monoisotopic (exact) mass is 362 g/mol. The van der Waals surface area contributed by atoms with E-state index in [0.29, 0.717) is 22.3 Å². The molecule has 0 radical (unpaired) electrons. The average molecular weight is 363 g/mol. The first-order chi connectivity index (χ1) is 11.3. The predicted octanol–water partition coefficient (Wildman–Crippen LogP) is 4.68. The van der Waals surface area contributed by atoms with E-state index in [-0.39, 0.29) is 11.5 Å². The third-order valence-electron chi connectivity index (χ3n) is 3.00. The lowest BCUT2D eigenvalue weighted by molar-refractivity contribution is 0.0528. The van der Waals surface area contributed by atoms with Gasteiger partial charge >= 0.3 is 5.97 Å². The molecule has 0 aliphatic rings. The van der Waals surface area contributed by atoms with E-state index in [2.05, 4.69) is 10.6 Å². The summed E-state index contributed by atoms with van der Waals surface area (Å²) >= 11 is 6.83. The summed E-state index contributed by atoms with van der Waals surface area (Å²) in [6, 6.07) is 11.8. The maximum absolute atomic E-state index is 12.3. The van der Waals surface area contributed by atoms with Gasteiger partial charge in [0.1, 0.15) is 5.00 Å². The van der Waals surface area contributed by atoms with Crippen LogP contribution in [0, 0.1) is 0 Å². The molecule has 24 heavy (non-hydrogen) atoms. The molecule has 1 aromatic carbocycles. The first-order valence-electron chi connectivity index (χ1n) is 7.75. The molecule has 1 aromatic heterocycles. The number of hydrogen-bond donors (Lipinski definition) is 2. The largest absolute Gasteiger partial charge is 0.462 e. The molecule has 0 spiro atoms. The number of rotatable bonds is 4. The predicted molar refractivity (Wildman–Crippen MR) is 105 cm³/mol. The van der Waals surface area contributed by atoms with Crippen LogP contribution in [0.15, 0.2) is 36.4 Å². The molecule has 0 unspecified atom stereocenters. The topological polar surface area (TPSA) is 50.4 Å². The summed E-state index contributed by atoms with van der Waals surface area (Å²) in [6.45, 7) is 8.20. The number of ether oxygens (including phenoxy) is 1. The van der Waals surface area contributed by atoms with Gasteiger partial charge in [0.15, 0.2) is 5.11 Å². The Labute approximate surface area is 152 Å². The van der Waals surface area contributed by atoms with E-state index in [0.717, 1.165) is 10.4 Å². The molecule has 128 valence electrons. The molecule has 1 heterocycles. The molecule has 0 saturated carbocycles. The first-order valence-corrected chi connectivity index (χ1v) is 8.98. The lowest BCUT2D eigenvalue weighted by Gasteiger charge is -2.22. The van der Waals surface area contributed by atoms with Crippen molar-refractivity contribution in [3.63, 3.8) is 0 Å². The average Bonchev–Trinajstić information content (AvgIpc) is 2.90. The number of carbonyl (C=O) groups is 1. The number of thiocarbonyl (C=S) groups is 1. The fourth-order valence-corrected chi connectivity index (χ4v) is 3.59. The van der Waals surface area contributed by atoms with Crippen molar-refractivity contribution in [3.8, 4) is 10.4 Å². The second-order valence-electron chi connectivity index (χ2n) is 6.27. The highest BCUT2D eigenvalue weighted by Crippen LogP contribution is 2.35. The summed E-state index contributed by atoms with van der Waals surface area (Å²) in [5, 5.41) is 7.49. The van der Waals surface area contributed by atoms with Gasteiger partial charge < -0.3 is 15.4 Å². The third-order valence-corrected chi connectivity index (χ3v) is 4.31. The van der Waals surface area contributed by atoms with Gasteiger partial charge in [-0.1, -0.05) is 30.3 Å². The molecule has 0 aliphatic heterocycles. The van der Waals surface area contributed by atoms with Crippen molar-refractivity contribution in [1.82, 2.24) is 5.32 Å². The Morgan fingerprint density at radius 3 is 2.50 bits per heavy atom. The zero-order valence-corrected chi connectivity index (χ0v) is 15.9. The molecule has 2 N–H and O–H groups in total. The lowest BCUT2D eigenvalue weighted by atomic mass is 10.1. The van der Waals surface area contributed by atoms with Crippen LogP contribution in [0.1, 0.15) is 38.1 Å². The summed E-state index contributed by atoms with van der Waals surface area (Å²) in [5.41, 5.74) is 1.39. The number of hydrogen-bond acceptors (Lipinski definition) is 4. The normalized spacial score (nSPS) is 11.0. The van der Waals surface area contributed by atoms with Crippen molar-refractivity contribution in [1.29, 1.82) is 0 Å². The number of anilines is 1. The van der Waals surface area contributed by atoms with Crippen LogP contribution in [0.25, 0.3) is 10.4 Å². The van der Waals surface area contributed by atoms with Crippen molar-refractivity contribution >= 4 is 39.6 Å². The van der Waals surface area contributed by atoms with Gasteiger partial charge in [0.2, 0.25) is 0 Å². The zero-order chi connectivity index (χ0) is 17.7. The minimum atomic E-state index is -0.350. The number of carbonyl (C=O) groups excluding carboxylic acids is 1. The van der Waals surface area contributed by atoms with Gasteiger partial charge in [0.05, 0.1) is 12.2 Å². The molecule has 0 fully saturated rings. The maximum atomic E-state index is 12.3. The van der Waals surface area contributed by atoms with E-state index in [1.54, 1.807) is 6.92 Å². The van der Waals surface area contributed by atoms with Crippen molar-refractivity contribution in [2.45, 2.75) is 33.2 Å². The minimum absolute atomic E-state index is 0.159. The highest BCUT2D eigenvalue weighted by molar-refractivity contribution is 7.80. The van der Waals surface area contributed by atoms with Crippen molar-refractivity contribution in [3.05, 3.63) is 42.0 Å². The van der Waals surface area contributed by atoms with Crippen LogP contribution in [-0.4, -0.2) is 23.2 Å². The van der Waals surface area contributed by atoms with E-state index in [1.807, 2.05) is 57.2 Å². The molecule has 2 aromatic rings. The van der Waals surface area contributed by atoms with E-state index in [4.69, 9.17) is 17.0 Å². The first kappa shape index (κ1) is 18.4. The Kier molecular flexibility index (Phi) is 5.96. The summed E-state index contributed by atoms with van der Waals surface area (Å²) < 4.78 is 5.16. The third kappa shape index (κ3) is 5.04. The van der Waals surface area contributed by atoms with Gasteiger partial charge in [-0.15, -0.1) is 11.3 Å². The lowest BCUT2D eigenvalue weighted by Crippen LogP contribution is -2.43. The van der Waals surface area contributed by atoms with Crippen LogP contribution in [0.2, 0.25) is 0 Å². The highest BCUT2D eigenvalue weighted by atomic mass is 32.1. The number of esters is 1. The Bertz CT molecular complexity index is 718. The summed E-state index contributed by atoms with van der Waals surface area (Å²) in [6.07, 6.45) is 0. The van der Waals surface area contributed by atoms with E-state index >= 15 is 0 Å². The van der Waals surface area contributed by atoms with Gasteiger partial charge in [0.25, 0.3) is 0 Å². The zero-order valence-electron chi connectivity index (χ0n) is 14.3. The fraction of sp³-hybridized carbons (Fsp3) is 0.333. The quantitative estimate of drug-likeness (QED) is 0.611. The van der Waals surface area contributed by atoms with Crippen molar-refractivity contribution in [2.24, 2.45) is 0 Å². The number of nitrogens with one attached hydrogen (secondary N) is 2. The summed E-state index contributed by atoms with van der Waals surface area (Å²) in [7, 11) is 0. The molecule has 0 saturated heterocycles. The van der Waals surface area contributed by atoms with Crippen molar-refractivity contribution < 1.29 is 9.53 Å². The Morgan fingerprint density at radius 2 is 1.92 bits per heavy atom. The number of thiophene rings is 1. The van der Waals surface area contributed by atoms with Crippen LogP contribution in [0.4, 0.5) is 5.00 Å². The fourth-order valence-electron chi connectivity index (χ4n) is 2.06. The van der Waals surface area contributed by atoms with Crippen molar-refractivity contribution in [2.75, 3.05) is 11.9 Å². The van der Waals surface area contributed by atoms with Gasteiger partial charge in [0, 0.05) is 10.4 Å². The Hall–Kier alpha value is -1.92. The summed E-state index contributed by atoms with van der Waals surface area (Å²) in [4.78, 5) is 13.2. The molecule has 0 bridgehead atoms. The van der Waals surface area contributed by atoms with E-state index in [9.17, 15) is 4.79 Å². The van der Waals surface area contributed by atoms with Crippen LogP contribution in [0.3, 0.4) is 0 Å². The van der Waals surface area contributed by atoms with Gasteiger partial charge in [-0.2, -0.15) is 0 Å². The standard InChI is InChI=1S/C18H22N2O2S2/c1-5-22-16(21)13-11-14(12-9-7-6-8-10-12)24-15(13)19-17(23)20-18(2,3)4/h6-11H,5H2,1-4H3,(H2,19,20,23). The second-order valence-corrected chi connectivity index (χ2v) is 7.73. The Morgan fingerprint density at radius 1 is 1.25 bits per heavy atom. The molecular weight excluding hydrogens is 340 g/mol. The van der Waals surface area contributed by atoms with Gasteiger partial charge in [-0.25, -0.2) is 4.79 Å². The van der Waals surface area contributed by atoms with Crippen LogP contribution < -0.4 is 10.6 Å². The number of benzene rings is 1. The van der Waals surface area contributed by atoms with Crippen LogP contribution in [-0.2, 0) is 4.74 Å². The molecule has 2 rings (SSSR count). The smallest absolute Gasteiger partial charge is 0.341 e. The van der Waals surface area contributed by atoms with Gasteiger partial charge in [-0.05, 0) is 51.5 Å². The highest BCUT2D eigenvalue weighted by Gasteiger charge is 2.20. The van der Waals surface area contributed by atoms with Gasteiger partial charge in [-0.3, -0.25) is 0 Å². The second kappa shape index (κ2) is 7.77. The molecule has 4 nitrogen and oxygen atoms in total. The summed E-state index contributed by atoms with van der Waals surface area (Å²) in [5.74, 6) is -0.350. The maximum Gasteiger partial charge on any atom is 0.341 e. The van der Waals surface area contributed by atoms with Crippen LogP contribution in [0.5, 0.6) is 0 Å². The molecular formula is C18H22N2O2S2. The van der Waals surface area contributed by atoms with E-state index < -0.39 is 0 Å². The molecule has 6 heteroatoms. The molecule has 0 aliphatic carbocycles.